The minimum absolute atomic E-state index is 0.303. The Balaban J connectivity index is 1.69. The summed E-state index contributed by atoms with van der Waals surface area (Å²) in [4.78, 5) is 17.3. The first-order valence-corrected chi connectivity index (χ1v) is 11.0. The Bertz CT molecular complexity index is 897. The lowest BCUT2D eigenvalue weighted by Crippen LogP contribution is -2.46. The number of halogens is 1. The molecule has 3 rings (SSSR count). The van der Waals surface area contributed by atoms with Gasteiger partial charge in [-0.15, -0.1) is 0 Å². The van der Waals surface area contributed by atoms with Gasteiger partial charge in [-0.1, -0.05) is 6.92 Å². The van der Waals surface area contributed by atoms with Crippen molar-refractivity contribution in [2.75, 3.05) is 49.5 Å². The topological polar surface area (TPSA) is 56.8 Å². The Hall–Kier alpha value is -2.80. The van der Waals surface area contributed by atoms with Gasteiger partial charge in [0.25, 0.3) is 0 Å². The van der Waals surface area contributed by atoms with Crippen LogP contribution in [0.3, 0.4) is 0 Å². The number of carbonyl (C=O) groups excluding carboxylic acids is 1. The second kappa shape index (κ2) is 10.5. The molecule has 2 N–H and O–H groups in total. The third kappa shape index (κ3) is 5.88. The van der Waals surface area contributed by atoms with E-state index < -0.39 is 0 Å². The normalized spacial score (nSPS) is 15.5. The number of rotatable bonds is 7. The summed E-state index contributed by atoms with van der Waals surface area (Å²) in [5.74, 6) is 0.467. The van der Waals surface area contributed by atoms with Gasteiger partial charge in [0.05, 0.1) is 12.6 Å². The molecule has 1 unspecified atom stereocenters. The molecular formula is C24H33FN4O2. The van der Waals surface area contributed by atoms with Crippen LogP contribution in [0.1, 0.15) is 37.9 Å². The van der Waals surface area contributed by atoms with Crippen molar-refractivity contribution in [3.05, 3.63) is 53.3 Å². The van der Waals surface area contributed by atoms with Crippen LogP contribution >= 0.6 is 0 Å². The summed E-state index contributed by atoms with van der Waals surface area (Å²) in [6, 6.07) is 9.70. The number of amides is 2. The average molecular weight is 429 g/mol. The Kier molecular flexibility index (Phi) is 7.74. The molecule has 31 heavy (non-hydrogen) atoms. The van der Waals surface area contributed by atoms with E-state index in [-0.39, 0.29) is 17.9 Å². The molecule has 6 nitrogen and oxygen atoms in total. The van der Waals surface area contributed by atoms with E-state index in [0.29, 0.717) is 12.3 Å². The molecule has 1 heterocycles. The number of anilines is 2. The molecule has 0 radical (unpaired) electrons. The van der Waals surface area contributed by atoms with Crippen molar-refractivity contribution in [1.29, 1.82) is 0 Å². The molecule has 0 aromatic heterocycles. The fourth-order valence-electron chi connectivity index (χ4n) is 3.93. The van der Waals surface area contributed by atoms with Crippen LogP contribution in [-0.2, 0) is 0 Å². The zero-order valence-corrected chi connectivity index (χ0v) is 18.9. The smallest absolute Gasteiger partial charge is 0.319 e. The second-order valence-electron chi connectivity index (χ2n) is 7.85. The fraction of sp³-hybridized carbons (Fsp3) is 0.458. The van der Waals surface area contributed by atoms with Gasteiger partial charge in [-0.3, -0.25) is 0 Å². The number of nitrogens with one attached hydrogen (secondary N) is 2. The number of likely N-dealkylation sites (N-methyl/N-ethyl adjacent to an activating group) is 1. The fourth-order valence-corrected chi connectivity index (χ4v) is 3.93. The first-order valence-electron chi connectivity index (χ1n) is 11.0. The highest BCUT2D eigenvalue weighted by Crippen LogP contribution is 2.29. The summed E-state index contributed by atoms with van der Waals surface area (Å²) in [6.45, 7) is 13.2. The number of aryl methyl sites for hydroxylation is 1. The molecule has 0 saturated carbocycles. The monoisotopic (exact) mass is 428 g/mol. The van der Waals surface area contributed by atoms with Crippen LogP contribution in [0.25, 0.3) is 0 Å². The van der Waals surface area contributed by atoms with Crippen LogP contribution in [0, 0.1) is 12.7 Å². The third-order valence-electron chi connectivity index (χ3n) is 5.72. The number of carbonyl (C=O) groups is 1. The van der Waals surface area contributed by atoms with Gasteiger partial charge in [0.15, 0.2) is 0 Å². The van der Waals surface area contributed by atoms with E-state index in [1.54, 1.807) is 0 Å². The number of nitrogens with zero attached hydrogens (tertiary/aromatic N) is 2. The van der Waals surface area contributed by atoms with E-state index in [0.717, 1.165) is 55.3 Å². The van der Waals surface area contributed by atoms with Crippen molar-refractivity contribution in [2.45, 2.75) is 33.7 Å². The van der Waals surface area contributed by atoms with Crippen LogP contribution in [-0.4, -0.2) is 50.3 Å². The van der Waals surface area contributed by atoms with E-state index >= 15 is 0 Å². The maximum absolute atomic E-state index is 14.1. The first-order chi connectivity index (χ1) is 14.9. The van der Waals surface area contributed by atoms with Crippen molar-refractivity contribution in [1.82, 2.24) is 10.2 Å². The number of piperazine rings is 1. The summed E-state index contributed by atoms with van der Waals surface area (Å²) in [5.41, 5.74) is 3.38. The van der Waals surface area contributed by atoms with Gasteiger partial charge in [-0.05, 0) is 69.3 Å². The minimum atomic E-state index is -0.349. The number of ether oxygens (including phenoxy) is 1. The molecule has 0 aliphatic carbocycles. The maximum Gasteiger partial charge on any atom is 0.319 e. The van der Waals surface area contributed by atoms with Gasteiger partial charge in [0.2, 0.25) is 0 Å². The molecular weight excluding hydrogens is 395 g/mol. The Labute approximate surface area is 184 Å². The predicted molar refractivity (Wildman–Crippen MR) is 124 cm³/mol. The van der Waals surface area contributed by atoms with Crippen molar-refractivity contribution < 1.29 is 13.9 Å². The maximum atomic E-state index is 14.1. The van der Waals surface area contributed by atoms with Gasteiger partial charge < -0.3 is 25.2 Å². The summed E-state index contributed by atoms with van der Waals surface area (Å²) in [6.07, 6.45) is 0. The lowest BCUT2D eigenvalue weighted by molar-refractivity contribution is 0.249. The summed E-state index contributed by atoms with van der Waals surface area (Å²) < 4.78 is 19.6. The van der Waals surface area contributed by atoms with Gasteiger partial charge in [0.1, 0.15) is 11.6 Å². The van der Waals surface area contributed by atoms with Crippen LogP contribution in [0.15, 0.2) is 36.4 Å². The molecule has 7 heteroatoms. The molecule has 0 bridgehead atoms. The molecule has 1 aliphatic heterocycles. The number of urea groups is 1. The van der Waals surface area contributed by atoms with Gasteiger partial charge in [-0.25, -0.2) is 9.18 Å². The first kappa shape index (κ1) is 22.9. The standard InChI is InChI=1S/C24H33FN4O2/c1-5-28-11-13-29(14-12-28)23-10-7-19(25)16-21(23)18(4)26-24(30)27-22-9-8-20(31-6-2)15-17(22)3/h7-10,15-16,18H,5-6,11-14H2,1-4H3,(H2,26,27,30). The lowest BCUT2D eigenvalue weighted by Gasteiger charge is -2.37. The number of hydrogen-bond acceptors (Lipinski definition) is 4. The van der Waals surface area contributed by atoms with Crippen molar-refractivity contribution in [3.8, 4) is 5.75 Å². The molecule has 0 spiro atoms. The van der Waals surface area contributed by atoms with E-state index in [1.165, 1.54) is 12.1 Å². The zero-order chi connectivity index (χ0) is 22.4. The lowest BCUT2D eigenvalue weighted by atomic mass is 10.0. The quantitative estimate of drug-likeness (QED) is 0.679. The highest BCUT2D eigenvalue weighted by Gasteiger charge is 2.22. The molecule has 1 aliphatic rings. The van der Waals surface area contributed by atoms with E-state index in [9.17, 15) is 9.18 Å². The van der Waals surface area contributed by atoms with Crippen molar-refractivity contribution in [2.24, 2.45) is 0 Å². The second-order valence-corrected chi connectivity index (χ2v) is 7.85. The molecule has 2 amide bonds. The van der Waals surface area contributed by atoms with Crippen molar-refractivity contribution in [3.63, 3.8) is 0 Å². The summed E-state index contributed by atoms with van der Waals surface area (Å²) >= 11 is 0. The molecule has 1 atom stereocenters. The average Bonchev–Trinajstić information content (AvgIpc) is 2.76. The summed E-state index contributed by atoms with van der Waals surface area (Å²) in [7, 11) is 0. The van der Waals surface area contributed by atoms with E-state index in [4.69, 9.17) is 4.74 Å². The molecule has 1 saturated heterocycles. The zero-order valence-electron chi connectivity index (χ0n) is 18.9. The van der Waals surface area contributed by atoms with Crippen LogP contribution in [0.2, 0.25) is 0 Å². The Morgan fingerprint density at radius 1 is 1.13 bits per heavy atom. The van der Waals surface area contributed by atoms with Crippen LogP contribution in [0.4, 0.5) is 20.6 Å². The SMILES string of the molecule is CCOc1ccc(NC(=O)NC(C)c2cc(F)ccc2N2CCN(CC)CC2)c(C)c1. The largest absolute Gasteiger partial charge is 0.494 e. The molecule has 1 fully saturated rings. The van der Waals surface area contributed by atoms with Gasteiger partial charge in [0, 0.05) is 43.1 Å². The minimum Gasteiger partial charge on any atom is -0.494 e. The Morgan fingerprint density at radius 3 is 2.52 bits per heavy atom. The van der Waals surface area contributed by atoms with E-state index in [2.05, 4.69) is 27.4 Å². The van der Waals surface area contributed by atoms with Crippen LogP contribution in [0.5, 0.6) is 5.75 Å². The van der Waals surface area contributed by atoms with Crippen molar-refractivity contribution >= 4 is 17.4 Å². The molecule has 2 aromatic rings. The third-order valence-corrected chi connectivity index (χ3v) is 5.72. The molecule has 168 valence electrons. The number of hydrogen-bond donors (Lipinski definition) is 2. The van der Waals surface area contributed by atoms with E-state index in [1.807, 2.05) is 45.0 Å². The number of benzene rings is 2. The molecule has 2 aromatic carbocycles. The van der Waals surface area contributed by atoms with Gasteiger partial charge >= 0.3 is 6.03 Å². The Morgan fingerprint density at radius 2 is 1.87 bits per heavy atom. The highest BCUT2D eigenvalue weighted by molar-refractivity contribution is 5.90. The predicted octanol–water partition coefficient (Wildman–Crippen LogP) is 4.56. The van der Waals surface area contributed by atoms with Crippen LogP contribution < -0.4 is 20.3 Å². The van der Waals surface area contributed by atoms with Gasteiger partial charge in [-0.2, -0.15) is 0 Å². The summed E-state index contributed by atoms with van der Waals surface area (Å²) in [5, 5.41) is 5.84. The highest BCUT2D eigenvalue weighted by atomic mass is 19.1.